The van der Waals surface area contributed by atoms with Crippen LogP contribution >= 0.6 is 11.8 Å². The molecule has 0 atom stereocenters. The highest BCUT2D eigenvalue weighted by Crippen LogP contribution is 2.23. The first kappa shape index (κ1) is 20.2. The lowest BCUT2D eigenvalue weighted by atomic mass is 10.1. The number of carbonyl (C=O) groups is 2. The Balaban J connectivity index is 1.31. The van der Waals surface area contributed by atoms with Crippen molar-refractivity contribution in [3.8, 4) is 6.07 Å². The van der Waals surface area contributed by atoms with Crippen molar-refractivity contribution in [2.75, 3.05) is 0 Å². The zero-order valence-electron chi connectivity index (χ0n) is 16.3. The molecule has 0 unspecified atom stereocenters. The zero-order valence-corrected chi connectivity index (χ0v) is 17.1. The molecule has 31 heavy (non-hydrogen) atoms. The Labute approximate surface area is 182 Å². The Bertz CT molecular complexity index is 1260. The smallest absolute Gasteiger partial charge is 0.269 e. The van der Waals surface area contributed by atoms with Gasteiger partial charge >= 0.3 is 0 Å². The van der Waals surface area contributed by atoms with Gasteiger partial charge in [-0.3, -0.25) is 20.4 Å². The summed E-state index contributed by atoms with van der Waals surface area (Å²) in [5, 5.41) is 9.75. The van der Waals surface area contributed by atoms with Gasteiger partial charge in [-0.15, -0.1) is 0 Å². The largest absolute Gasteiger partial charge is 0.333 e. The van der Waals surface area contributed by atoms with E-state index in [4.69, 9.17) is 5.26 Å². The number of benzene rings is 3. The van der Waals surface area contributed by atoms with Crippen molar-refractivity contribution in [1.29, 1.82) is 5.26 Å². The van der Waals surface area contributed by atoms with Crippen molar-refractivity contribution < 1.29 is 9.59 Å². The van der Waals surface area contributed by atoms with E-state index in [0.717, 1.165) is 21.8 Å². The highest BCUT2D eigenvalue weighted by Gasteiger charge is 2.10. The first-order valence-electron chi connectivity index (χ1n) is 9.40. The Morgan fingerprint density at radius 2 is 1.68 bits per heavy atom. The van der Waals surface area contributed by atoms with Crippen LogP contribution < -0.4 is 10.9 Å². The third-order valence-electron chi connectivity index (χ3n) is 4.50. The molecule has 0 aliphatic rings. The number of H-pyrrole nitrogens is 1. The van der Waals surface area contributed by atoms with E-state index in [1.54, 1.807) is 42.1 Å². The number of nitrogens with zero attached hydrogens (tertiary/aromatic N) is 2. The van der Waals surface area contributed by atoms with Gasteiger partial charge in [-0.1, -0.05) is 42.1 Å². The first-order chi connectivity index (χ1) is 15.1. The van der Waals surface area contributed by atoms with Gasteiger partial charge in [-0.05, 0) is 48.0 Å². The average molecular weight is 427 g/mol. The van der Waals surface area contributed by atoms with Crippen LogP contribution in [0.3, 0.4) is 0 Å². The van der Waals surface area contributed by atoms with E-state index in [0.29, 0.717) is 16.9 Å². The number of para-hydroxylation sites is 2. The number of imidazole rings is 1. The van der Waals surface area contributed by atoms with E-state index in [1.807, 2.05) is 42.5 Å². The summed E-state index contributed by atoms with van der Waals surface area (Å²) in [6.07, 6.45) is 0. The molecule has 4 aromatic rings. The number of aromatic nitrogens is 2. The van der Waals surface area contributed by atoms with Crippen LogP contribution in [0.5, 0.6) is 0 Å². The molecular weight excluding hydrogens is 410 g/mol. The molecule has 0 radical (unpaired) electrons. The molecule has 1 aromatic heterocycles. The van der Waals surface area contributed by atoms with Gasteiger partial charge in [0.2, 0.25) is 0 Å². The molecule has 0 fully saturated rings. The monoisotopic (exact) mass is 427 g/mol. The van der Waals surface area contributed by atoms with Gasteiger partial charge in [0.15, 0.2) is 5.16 Å². The van der Waals surface area contributed by atoms with Crippen molar-refractivity contribution >= 4 is 34.6 Å². The van der Waals surface area contributed by atoms with E-state index < -0.39 is 11.8 Å². The number of aromatic amines is 1. The maximum Gasteiger partial charge on any atom is 0.269 e. The summed E-state index contributed by atoms with van der Waals surface area (Å²) in [5.41, 5.74) is 8.79. The van der Waals surface area contributed by atoms with Crippen molar-refractivity contribution in [2.24, 2.45) is 0 Å². The molecule has 1 heterocycles. The number of fused-ring (bicyclic) bond motifs is 1. The second-order valence-corrected chi connectivity index (χ2v) is 7.61. The molecule has 0 spiro atoms. The molecule has 3 aromatic carbocycles. The molecule has 0 aliphatic carbocycles. The molecule has 0 saturated heterocycles. The number of thioether (sulfide) groups is 1. The van der Waals surface area contributed by atoms with Gasteiger partial charge < -0.3 is 4.98 Å². The average Bonchev–Trinajstić information content (AvgIpc) is 3.24. The molecule has 152 valence electrons. The molecular formula is C23H17N5O2S. The number of nitrogens with one attached hydrogen (secondary N) is 3. The van der Waals surface area contributed by atoms with E-state index >= 15 is 0 Å². The molecule has 0 aliphatic heterocycles. The SMILES string of the molecule is N#Cc1cccc(C(=O)NNC(=O)c2ccc(CSc3nc4ccccc4[nH]3)cc2)c1. The lowest BCUT2D eigenvalue weighted by molar-refractivity contribution is 0.0846. The quantitative estimate of drug-likeness (QED) is 0.331. The first-order valence-corrected chi connectivity index (χ1v) is 10.4. The molecule has 2 amide bonds. The standard InChI is InChI=1S/C23H17N5O2S/c24-13-16-4-3-5-18(12-16)22(30)28-27-21(29)17-10-8-15(9-11-17)14-31-23-25-19-6-1-2-7-20(19)26-23/h1-12H,14H2,(H,25,26)(H,27,29)(H,28,30). The van der Waals surface area contributed by atoms with Gasteiger partial charge in [-0.2, -0.15) is 5.26 Å². The highest BCUT2D eigenvalue weighted by molar-refractivity contribution is 7.98. The van der Waals surface area contributed by atoms with Crippen LogP contribution in [0.15, 0.2) is 78.0 Å². The van der Waals surface area contributed by atoms with Gasteiger partial charge in [0.05, 0.1) is 22.7 Å². The van der Waals surface area contributed by atoms with Gasteiger partial charge in [0, 0.05) is 16.9 Å². The Morgan fingerprint density at radius 3 is 2.42 bits per heavy atom. The topological polar surface area (TPSA) is 111 Å². The van der Waals surface area contributed by atoms with Crippen molar-refractivity contribution in [1.82, 2.24) is 20.8 Å². The van der Waals surface area contributed by atoms with Gasteiger partial charge in [-0.25, -0.2) is 4.98 Å². The highest BCUT2D eigenvalue weighted by atomic mass is 32.2. The van der Waals surface area contributed by atoms with Gasteiger partial charge in [0.1, 0.15) is 0 Å². The van der Waals surface area contributed by atoms with E-state index in [9.17, 15) is 9.59 Å². The Kier molecular flexibility index (Phi) is 5.96. The molecule has 0 saturated carbocycles. The number of carbonyl (C=O) groups excluding carboxylic acids is 2. The second kappa shape index (κ2) is 9.15. The third-order valence-corrected chi connectivity index (χ3v) is 5.45. The summed E-state index contributed by atoms with van der Waals surface area (Å²) >= 11 is 1.58. The third kappa shape index (κ3) is 4.91. The Morgan fingerprint density at radius 1 is 0.935 bits per heavy atom. The second-order valence-electron chi connectivity index (χ2n) is 6.65. The number of amides is 2. The normalized spacial score (nSPS) is 10.4. The van der Waals surface area contributed by atoms with Crippen LogP contribution in [0.4, 0.5) is 0 Å². The molecule has 7 nitrogen and oxygen atoms in total. The van der Waals surface area contributed by atoms with Crippen LogP contribution in [0.1, 0.15) is 31.8 Å². The Hall–Kier alpha value is -4.09. The zero-order chi connectivity index (χ0) is 21.6. The van der Waals surface area contributed by atoms with Crippen LogP contribution in [0, 0.1) is 11.3 Å². The summed E-state index contributed by atoms with van der Waals surface area (Å²) in [4.78, 5) is 32.2. The van der Waals surface area contributed by atoms with Crippen LogP contribution in [-0.4, -0.2) is 21.8 Å². The molecule has 0 bridgehead atoms. The number of nitriles is 1. The fourth-order valence-corrected chi connectivity index (χ4v) is 3.73. The van der Waals surface area contributed by atoms with Crippen LogP contribution in [0.25, 0.3) is 11.0 Å². The molecule has 4 rings (SSSR count). The fraction of sp³-hybridized carbons (Fsp3) is 0.0435. The number of hydrazine groups is 1. The fourth-order valence-electron chi connectivity index (χ4n) is 2.89. The molecule has 8 heteroatoms. The number of rotatable bonds is 5. The minimum atomic E-state index is -0.496. The summed E-state index contributed by atoms with van der Waals surface area (Å²) in [5.74, 6) is -0.223. The van der Waals surface area contributed by atoms with Crippen molar-refractivity contribution in [2.45, 2.75) is 10.9 Å². The summed E-state index contributed by atoms with van der Waals surface area (Å²) in [7, 11) is 0. The van der Waals surface area contributed by atoms with E-state index in [2.05, 4.69) is 20.8 Å². The van der Waals surface area contributed by atoms with Crippen LogP contribution in [0.2, 0.25) is 0 Å². The molecule has 3 N–H and O–H groups in total. The van der Waals surface area contributed by atoms with Crippen molar-refractivity contribution in [3.63, 3.8) is 0 Å². The van der Waals surface area contributed by atoms with Gasteiger partial charge in [0.25, 0.3) is 11.8 Å². The number of hydrogen-bond acceptors (Lipinski definition) is 5. The predicted molar refractivity (Wildman–Crippen MR) is 118 cm³/mol. The maximum absolute atomic E-state index is 12.3. The summed E-state index contributed by atoms with van der Waals surface area (Å²) in [6.45, 7) is 0. The minimum Gasteiger partial charge on any atom is -0.333 e. The van der Waals surface area contributed by atoms with Crippen LogP contribution in [-0.2, 0) is 5.75 Å². The lowest BCUT2D eigenvalue weighted by Crippen LogP contribution is -2.41. The van der Waals surface area contributed by atoms with Crippen molar-refractivity contribution in [3.05, 3.63) is 95.1 Å². The lowest BCUT2D eigenvalue weighted by Gasteiger charge is -2.08. The number of hydrogen-bond donors (Lipinski definition) is 3. The minimum absolute atomic E-state index is 0.289. The summed E-state index contributed by atoms with van der Waals surface area (Å²) in [6, 6.07) is 23.2. The van der Waals surface area contributed by atoms with E-state index in [-0.39, 0.29) is 5.56 Å². The maximum atomic E-state index is 12.3. The summed E-state index contributed by atoms with van der Waals surface area (Å²) < 4.78 is 0. The predicted octanol–water partition coefficient (Wildman–Crippen LogP) is 3.80. The van der Waals surface area contributed by atoms with E-state index in [1.165, 1.54) is 6.07 Å².